The smallest absolute Gasteiger partial charge is 0.240 e. The summed E-state index contributed by atoms with van der Waals surface area (Å²) in [6.07, 6.45) is 1.49. The van der Waals surface area contributed by atoms with Crippen molar-refractivity contribution in [3.8, 4) is 0 Å². The number of benzene rings is 1. The molecule has 0 fully saturated rings. The van der Waals surface area contributed by atoms with Gasteiger partial charge < -0.3 is 20.3 Å². The first kappa shape index (κ1) is 20.7. The van der Waals surface area contributed by atoms with Crippen molar-refractivity contribution in [2.45, 2.75) is 32.2 Å². The number of Topliss-reactive ketones (excluding diaryl/α,β-unsaturated/α-hetero) is 1. The minimum absolute atomic E-state index is 0.0280. The molecule has 0 radical (unpaired) electrons. The SMILES string of the molecule is CCNC(=O)Cn1c(CO)cnc1SCC(=O)Nc1ccc(C(C)=O)cc1. The van der Waals surface area contributed by atoms with Gasteiger partial charge in [-0.2, -0.15) is 0 Å². The van der Waals surface area contributed by atoms with Crippen LogP contribution in [0.2, 0.25) is 0 Å². The van der Waals surface area contributed by atoms with Gasteiger partial charge in [0.15, 0.2) is 10.9 Å². The molecule has 0 saturated heterocycles. The number of aromatic nitrogens is 2. The number of likely N-dealkylation sites (N-methyl/N-ethyl adjacent to an activating group) is 1. The third-order valence-electron chi connectivity index (χ3n) is 3.65. The summed E-state index contributed by atoms with van der Waals surface area (Å²) in [5.41, 5.74) is 1.67. The maximum atomic E-state index is 12.2. The van der Waals surface area contributed by atoms with E-state index in [0.29, 0.717) is 28.6 Å². The molecule has 2 amide bonds. The molecule has 0 atom stereocenters. The van der Waals surface area contributed by atoms with Crippen LogP contribution < -0.4 is 10.6 Å². The lowest BCUT2D eigenvalue weighted by Gasteiger charge is -2.10. The van der Waals surface area contributed by atoms with Crippen LogP contribution in [0.4, 0.5) is 5.69 Å². The molecule has 8 nitrogen and oxygen atoms in total. The number of aliphatic hydroxyl groups excluding tert-OH is 1. The summed E-state index contributed by atoms with van der Waals surface area (Å²) in [4.78, 5) is 39.4. The first-order chi connectivity index (χ1) is 12.9. The third-order valence-corrected chi connectivity index (χ3v) is 4.64. The van der Waals surface area contributed by atoms with Gasteiger partial charge >= 0.3 is 0 Å². The van der Waals surface area contributed by atoms with Crippen LogP contribution in [0.5, 0.6) is 0 Å². The summed E-state index contributed by atoms with van der Waals surface area (Å²) in [6, 6.07) is 6.63. The number of hydrogen-bond donors (Lipinski definition) is 3. The number of carbonyl (C=O) groups is 3. The first-order valence-corrected chi connectivity index (χ1v) is 9.38. The maximum Gasteiger partial charge on any atom is 0.240 e. The molecule has 27 heavy (non-hydrogen) atoms. The van der Waals surface area contributed by atoms with Crippen molar-refractivity contribution in [2.24, 2.45) is 0 Å². The molecule has 1 aromatic heterocycles. The number of ketones is 1. The largest absolute Gasteiger partial charge is 0.390 e. The van der Waals surface area contributed by atoms with Gasteiger partial charge in [0.25, 0.3) is 0 Å². The minimum atomic E-state index is -0.248. The van der Waals surface area contributed by atoms with E-state index in [9.17, 15) is 19.5 Å². The Morgan fingerprint density at radius 2 is 1.89 bits per heavy atom. The Balaban J connectivity index is 1.97. The lowest BCUT2D eigenvalue weighted by atomic mass is 10.1. The standard InChI is InChI=1S/C18H22N4O4S/c1-3-19-16(25)9-22-15(10-23)8-20-18(22)27-11-17(26)21-14-6-4-13(5-7-14)12(2)24/h4-8,23H,3,9-11H2,1-2H3,(H,19,25)(H,21,26). The number of carbonyl (C=O) groups excluding carboxylic acids is 3. The molecule has 144 valence electrons. The number of rotatable bonds is 9. The Kier molecular flexibility index (Phi) is 7.56. The maximum absolute atomic E-state index is 12.2. The zero-order valence-corrected chi connectivity index (χ0v) is 16.0. The minimum Gasteiger partial charge on any atom is -0.390 e. The zero-order chi connectivity index (χ0) is 19.8. The Labute approximate surface area is 161 Å². The van der Waals surface area contributed by atoms with E-state index >= 15 is 0 Å². The van der Waals surface area contributed by atoms with Gasteiger partial charge in [0.2, 0.25) is 11.8 Å². The predicted molar refractivity (Wildman–Crippen MR) is 103 cm³/mol. The number of anilines is 1. The van der Waals surface area contributed by atoms with Crippen LogP contribution >= 0.6 is 11.8 Å². The highest BCUT2D eigenvalue weighted by Crippen LogP contribution is 2.19. The molecule has 2 rings (SSSR count). The molecule has 2 aromatic rings. The molecule has 0 aliphatic carbocycles. The summed E-state index contributed by atoms with van der Waals surface area (Å²) < 4.78 is 1.59. The van der Waals surface area contributed by atoms with Gasteiger partial charge in [-0.1, -0.05) is 11.8 Å². The number of thioether (sulfide) groups is 1. The zero-order valence-electron chi connectivity index (χ0n) is 15.2. The first-order valence-electron chi connectivity index (χ1n) is 8.40. The lowest BCUT2D eigenvalue weighted by Crippen LogP contribution is -2.28. The highest BCUT2D eigenvalue weighted by molar-refractivity contribution is 7.99. The van der Waals surface area contributed by atoms with Gasteiger partial charge in [-0.05, 0) is 38.1 Å². The van der Waals surface area contributed by atoms with Crippen molar-refractivity contribution in [2.75, 3.05) is 17.6 Å². The van der Waals surface area contributed by atoms with Crippen LogP contribution in [-0.2, 0) is 22.7 Å². The van der Waals surface area contributed by atoms with Crippen LogP contribution in [0, 0.1) is 0 Å². The van der Waals surface area contributed by atoms with E-state index in [2.05, 4.69) is 15.6 Å². The lowest BCUT2D eigenvalue weighted by molar-refractivity contribution is -0.121. The van der Waals surface area contributed by atoms with Crippen molar-refractivity contribution in [1.82, 2.24) is 14.9 Å². The summed E-state index contributed by atoms with van der Waals surface area (Å²) in [5, 5.41) is 15.3. The van der Waals surface area contributed by atoms with Gasteiger partial charge in [-0.25, -0.2) is 4.98 Å². The van der Waals surface area contributed by atoms with E-state index in [1.165, 1.54) is 24.9 Å². The van der Waals surface area contributed by atoms with Gasteiger partial charge in [0.1, 0.15) is 6.54 Å². The highest BCUT2D eigenvalue weighted by atomic mass is 32.2. The number of nitrogens with zero attached hydrogens (tertiary/aromatic N) is 2. The van der Waals surface area contributed by atoms with Gasteiger partial charge in [-0.3, -0.25) is 14.4 Å². The molecule has 0 spiro atoms. The summed E-state index contributed by atoms with van der Waals surface area (Å²) >= 11 is 1.17. The van der Waals surface area contributed by atoms with Gasteiger partial charge in [-0.15, -0.1) is 0 Å². The van der Waals surface area contributed by atoms with E-state index in [1.54, 1.807) is 28.8 Å². The Bertz CT molecular complexity index is 817. The van der Waals surface area contributed by atoms with E-state index < -0.39 is 0 Å². The molecule has 0 unspecified atom stereocenters. The fourth-order valence-corrected chi connectivity index (χ4v) is 3.11. The van der Waals surface area contributed by atoms with E-state index in [0.717, 1.165) is 0 Å². The number of imidazole rings is 1. The van der Waals surface area contributed by atoms with E-state index in [1.807, 2.05) is 6.92 Å². The molecule has 1 aromatic carbocycles. The summed E-state index contributed by atoms with van der Waals surface area (Å²) in [5.74, 6) is -0.385. The molecule has 0 bridgehead atoms. The number of hydrogen-bond acceptors (Lipinski definition) is 6. The normalized spacial score (nSPS) is 10.5. The summed E-state index contributed by atoms with van der Waals surface area (Å²) in [7, 11) is 0. The monoisotopic (exact) mass is 390 g/mol. The Morgan fingerprint density at radius 1 is 1.19 bits per heavy atom. The van der Waals surface area contributed by atoms with Gasteiger partial charge in [0.05, 0.1) is 24.3 Å². The molecule has 9 heteroatoms. The summed E-state index contributed by atoms with van der Waals surface area (Å²) in [6.45, 7) is 3.59. The van der Waals surface area contributed by atoms with Crippen molar-refractivity contribution in [1.29, 1.82) is 0 Å². The van der Waals surface area contributed by atoms with Crippen LogP contribution in [-0.4, -0.2) is 44.6 Å². The Morgan fingerprint density at radius 3 is 2.48 bits per heavy atom. The van der Waals surface area contributed by atoms with E-state index in [4.69, 9.17) is 0 Å². The van der Waals surface area contributed by atoms with Crippen LogP contribution in [0.25, 0.3) is 0 Å². The van der Waals surface area contributed by atoms with Crippen molar-refractivity contribution < 1.29 is 19.5 Å². The fraction of sp³-hybridized carbons (Fsp3) is 0.333. The molecular weight excluding hydrogens is 368 g/mol. The van der Waals surface area contributed by atoms with Crippen molar-refractivity contribution in [3.63, 3.8) is 0 Å². The topological polar surface area (TPSA) is 113 Å². The molecule has 0 aliphatic heterocycles. The fourth-order valence-electron chi connectivity index (χ4n) is 2.31. The number of nitrogens with one attached hydrogen (secondary N) is 2. The quantitative estimate of drug-likeness (QED) is 0.441. The second kappa shape index (κ2) is 9.89. The van der Waals surface area contributed by atoms with E-state index in [-0.39, 0.29) is 36.5 Å². The van der Waals surface area contributed by atoms with Crippen LogP contribution in [0.15, 0.2) is 35.6 Å². The molecule has 0 saturated carbocycles. The predicted octanol–water partition coefficient (Wildman–Crippen LogP) is 1.44. The van der Waals surface area contributed by atoms with Crippen molar-refractivity contribution in [3.05, 3.63) is 41.7 Å². The third kappa shape index (κ3) is 5.93. The average Bonchev–Trinajstić information content (AvgIpc) is 3.02. The molecule has 3 N–H and O–H groups in total. The van der Waals surface area contributed by atoms with Gasteiger partial charge in [0, 0.05) is 17.8 Å². The molecular formula is C18H22N4O4S. The van der Waals surface area contributed by atoms with Crippen molar-refractivity contribution >= 4 is 35.0 Å². The van der Waals surface area contributed by atoms with Crippen LogP contribution in [0.1, 0.15) is 29.9 Å². The van der Waals surface area contributed by atoms with Crippen LogP contribution in [0.3, 0.4) is 0 Å². The molecule has 0 aliphatic rings. The second-order valence-corrected chi connectivity index (χ2v) is 6.64. The number of aliphatic hydroxyl groups is 1. The average molecular weight is 390 g/mol. The second-order valence-electron chi connectivity index (χ2n) is 5.70. The number of amides is 2. The highest BCUT2D eigenvalue weighted by Gasteiger charge is 2.14. The molecule has 1 heterocycles. The Hall–Kier alpha value is -2.65.